The second-order valence-corrected chi connectivity index (χ2v) is 7.65. The molecule has 1 N–H and O–H groups in total. The van der Waals surface area contributed by atoms with Gasteiger partial charge in [0.2, 0.25) is 0 Å². The molecule has 0 radical (unpaired) electrons. The predicted octanol–water partition coefficient (Wildman–Crippen LogP) is 4.71. The summed E-state index contributed by atoms with van der Waals surface area (Å²) >= 11 is 0. The number of amides is 1. The summed E-state index contributed by atoms with van der Waals surface area (Å²) in [5.41, 5.74) is 2.82. The van der Waals surface area contributed by atoms with Crippen molar-refractivity contribution in [2.75, 3.05) is 26.7 Å². The number of benzene rings is 2. The lowest BCUT2D eigenvalue weighted by Crippen LogP contribution is -2.40. The molecule has 1 saturated heterocycles. The molecule has 152 valence electrons. The van der Waals surface area contributed by atoms with Crippen LogP contribution in [0.2, 0.25) is 0 Å². The lowest BCUT2D eigenvalue weighted by Gasteiger charge is -2.35. The summed E-state index contributed by atoms with van der Waals surface area (Å²) in [6.07, 6.45) is 3.67. The maximum atomic E-state index is 12.9. The summed E-state index contributed by atoms with van der Waals surface area (Å²) in [6, 6.07) is 16.1. The molecule has 1 atom stereocenters. The van der Waals surface area contributed by atoms with Crippen molar-refractivity contribution < 1.29 is 13.9 Å². The number of ether oxygens (including phenoxy) is 1. The van der Waals surface area contributed by atoms with Crippen LogP contribution in [0.25, 0.3) is 11.0 Å². The normalized spacial score (nSPS) is 15.9. The van der Waals surface area contributed by atoms with Gasteiger partial charge in [-0.05, 0) is 56.6 Å². The third-order valence-electron chi connectivity index (χ3n) is 5.84. The van der Waals surface area contributed by atoms with E-state index in [1.165, 1.54) is 24.8 Å². The summed E-state index contributed by atoms with van der Waals surface area (Å²) in [5, 5.41) is 4.11. The number of methoxy groups -OCH3 is 1. The fourth-order valence-electron chi connectivity index (χ4n) is 4.17. The number of hydrogen-bond acceptors (Lipinski definition) is 4. The lowest BCUT2D eigenvalue weighted by atomic mass is 10.0. The van der Waals surface area contributed by atoms with E-state index >= 15 is 0 Å². The molecule has 1 aliphatic rings. The predicted molar refractivity (Wildman–Crippen MR) is 114 cm³/mol. The van der Waals surface area contributed by atoms with Crippen molar-refractivity contribution in [3.8, 4) is 5.75 Å². The van der Waals surface area contributed by atoms with Crippen molar-refractivity contribution >= 4 is 16.9 Å². The molecule has 29 heavy (non-hydrogen) atoms. The van der Waals surface area contributed by atoms with Crippen molar-refractivity contribution in [2.24, 2.45) is 0 Å². The highest BCUT2D eigenvalue weighted by Gasteiger charge is 2.24. The van der Waals surface area contributed by atoms with Crippen LogP contribution in [0.5, 0.6) is 5.75 Å². The minimum Gasteiger partial charge on any atom is -0.497 e. The maximum Gasteiger partial charge on any atom is 0.287 e. The molecule has 5 heteroatoms. The largest absolute Gasteiger partial charge is 0.497 e. The SMILES string of the molecule is COc1ccc([C@@H](CNC(=O)c2oc3ccccc3c2C)N2CCCCC2)cc1. The standard InChI is InChI=1S/C24H28N2O3/c1-17-20-8-4-5-9-22(20)29-23(17)24(27)25-16-21(26-14-6-3-7-15-26)18-10-12-19(28-2)13-11-18/h4-5,8-13,21H,3,6-7,14-16H2,1-2H3,(H,25,27)/t21-/m1/s1. The van der Waals surface area contributed by atoms with Crippen LogP contribution in [0, 0.1) is 6.92 Å². The van der Waals surface area contributed by atoms with Crippen LogP contribution in [-0.2, 0) is 0 Å². The van der Waals surface area contributed by atoms with E-state index in [-0.39, 0.29) is 11.9 Å². The molecule has 1 amide bonds. The fraction of sp³-hybridized carbons (Fsp3) is 0.375. The van der Waals surface area contributed by atoms with Crippen molar-refractivity contribution in [1.29, 1.82) is 0 Å². The second-order valence-electron chi connectivity index (χ2n) is 7.65. The smallest absolute Gasteiger partial charge is 0.287 e. The Morgan fingerprint density at radius 3 is 2.52 bits per heavy atom. The maximum absolute atomic E-state index is 12.9. The molecule has 0 saturated carbocycles. The van der Waals surface area contributed by atoms with Gasteiger partial charge < -0.3 is 14.5 Å². The van der Waals surface area contributed by atoms with Gasteiger partial charge in [-0.1, -0.05) is 36.8 Å². The van der Waals surface area contributed by atoms with Gasteiger partial charge in [-0.15, -0.1) is 0 Å². The van der Waals surface area contributed by atoms with Crippen molar-refractivity contribution in [1.82, 2.24) is 10.2 Å². The summed E-state index contributed by atoms with van der Waals surface area (Å²) in [4.78, 5) is 15.4. The highest BCUT2D eigenvalue weighted by molar-refractivity contribution is 5.98. The van der Waals surface area contributed by atoms with Crippen molar-refractivity contribution in [2.45, 2.75) is 32.2 Å². The number of carbonyl (C=O) groups excluding carboxylic acids is 1. The molecule has 2 heterocycles. The number of likely N-dealkylation sites (tertiary alicyclic amines) is 1. The van der Waals surface area contributed by atoms with E-state index in [1.807, 2.05) is 43.3 Å². The Hall–Kier alpha value is -2.79. The highest BCUT2D eigenvalue weighted by atomic mass is 16.5. The number of fused-ring (bicyclic) bond motifs is 1. The van der Waals surface area contributed by atoms with E-state index in [1.54, 1.807) is 7.11 Å². The molecule has 0 aliphatic carbocycles. The van der Waals surface area contributed by atoms with Gasteiger partial charge in [-0.25, -0.2) is 0 Å². The number of hydrogen-bond donors (Lipinski definition) is 1. The number of para-hydroxylation sites is 1. The lowest BCUT2D eigenvalue weighted by molar-refractivity contribution is 0.0898. The Labute approximate surface area is 171 Å². The molecule has 2 aromatic carbocycles. The van der Waals surface area contributed by atoms with Gasteiger partial charge in [0.1, 0.15) is 11.3 Å². The first-order valence-electron chi connectivity index (χ1n) is 10.3. The van der Waals surface area contributed by atoms with E-state index in [2.05, 4.69) is 22.3 Å². The molecule has 5 nitrogen and oxygen atoms in total. The average molecular weight is 392 g/mol. The number of piperidine rings is 1. The Morgan fingerprint density at radius 2 is 1.83 bits per heavy atom. The molecule has 0 bridgehead atoms. The van der Waals surface area contributed by atoms with Crippen LogP contribution in [0.3, 0.4) is 0 Å². The zero-order valence-electron chi connectivity index (χ0n) is 17.1. The van der Waals surface area contributed by atoms with Crippen LogP contribution in [-0.4, -0.2) is 37.6 Å². The molecular formula is C24H28N2O3. The number of nitrogens with zero attached hydrogens (tertiary/aromatic N) is 1. The molecule has 1 aliphatic heterocycles. The number of nitrogens with one attached hydrogen (secondary N) is 1. The first kappa shape index (κ1) is 19.5. The monoisotopic (exact) mass is 392 g/mol. The zero-order chi connectivity index (χ0) is 20.2. The van der Waals surface area contributed by atoms with Crippen LogP contribution in [0.1, 0.15) is 47.0 Å². The minimum absolute atomic E-state index is 0.134. The molecule has 4 rings (SSSR count). The van der Waals surface area contributed by atoms with Crippen LogP contribution < -0.4 is 10.1 Å². The van der Waals surface area contributed by atoms with Crippen molar-refractivity contribution in [3.05, 3.63) is 65.4 Å². The van der Waals surface area contributed by atoms with Gasteiger partial charge in [0.25, 0.3) is 5.91 Å². The Kier molecular flexibility index (Phi) is 5.86. The Bertz CT molecular complexity index is 971. The van der Waals surface area contributed by atoms with Crippen LogP contribution >= 0.6 is 0 Å². The topological polar surface area (TPSA) is 54.7 Å². The second kappa shape index (κ2) is 8.70. The molecule has 1 fully saturated rings. The summed E-state index contributed by atoms with van der Waals surface area (Å²) in [6.45, 7) is 4.58. The number of aryl methyl sites for hydroxylation is 1. The molecule has 1 aromatic heterocycles. The van der Waals surface area contributed by atoms with E-state index in [9.17, 15) is 4.79 Å². The third-order valence-corrected chi connectivity index (χ3v) is 5.84. The van der Waals surface area contributed by atoms with Gasteiger partial charge >= 0.3 is 0 Å². The average Bonchev–Trinajstić information content (AvgIpc) is 3.12. The molecule has 0 spiro atoms. The van der Waals surface area contributed by atoms with Gasteiger partial charge in [-0.2, -0.15) is 0 Å². The molecule has 3 aromatic rings. The summed E-state index contributed by atoms with van der Waals surface area (Å²) in [7, 11) is 1.67. The summed E-state index contributed by atoms with van der Waals surface area (Å²) in [5.74, 6) is 1.08. The van der Waals surface area contributed by atoms with Gasteiger partial charge in [0, 0.05) is 17.5 Å². The van der Waals surface area contributed by atoms with E-state index in [0.29, 0.717) is 12.3 Å². The molecular weight excluding hydrogens is 364 g/mol. The van der Waals surface area contributed by atoms with Gasteiger partial charge in [0.15, 0.2) is 5.76 Å². The third kappa shape index (κ3) is 4.15. The fourth-order valence-corrected chi connectivity index (χ4v) is 4.17. The Balaban J connectivity index is 1.53. The quantitative estimate of drug-likeness (QED) is 0.660. The first-order chi connectivity index (χ1) is 14.2. The molecule has 0 unspecified atom stereocenters. The van der Waals surface area contributed by atoms with E-state index in [4.69, 9.17) is 9.15 Å². The van der Waals surface area contributed by atoms with Crippen LogP contribution in [0.4, 0.5) is 0 Å². The number of rotatable bonds is 6. The van der Waals surface area contributed by atoms with Crippen molar-refractivity contribution in [3.63, 3.8) is 0 Å². The Morgan fingerprint density at radius 1 is 1.10 bits per heavy atom. The summed E-state index contributed by atoms with van der Waals surface area (Å²) < 4.78 is 11.1. The minimum atomic E-state index is -0.158. The number of carbonyl (C=O) groups is 1. The van der Waals surface area contributed by atoms with Gasteiger partial charge in [0.05, 0.1) is 13.2 Å². The highest BCUT2D eigenvalue weighted by Crippen LogP contribution is 2.27. The van der Waals surface area contributed by atoms with Gasteiger partial charge in [-0.3, -0.25) is 9.69 Å². The number of furan rings is 1. The zero-order valence-corrected chi connectivity index (χ0v) is 17.1. The first-order valence-corrected chi connectivity index (χ1v) is 10.3. The van der Waals surface area contributed by atoms with Crippen LogP contribution in [0.15, 0.2) is 52.9 Å². The van der Waals surface area contributed by atoms with E-state index < -0.39 is 0 Å². The van der Waals surface area contributed by atoms with E-state index in [0.717, 1.165) is 35.4 Å².